The third kappa shape index (κ3) is 4.96. The van der Waals surface area contributed by atoms with Gasteiger partial charge in [0.2, 0.25) is 0 Å². The summed E-state index contributed by atoms with van der Waals surface area (Å²) in [6, 6.07) is 11.6. The van der Waals surface area contributed by atoms with Crippen LogP contribution in [-0.2, 0) is 6.42 Å². The highest BCUT2D eigenvalue weighted by molar-refractivity contribution is 5.14. The predicted molar refractivity (Wildman–Crippen MR) is 82.5 cm³/mol. The largest absolute Gasteiger partial charge is 0.315 e. The van der Waals surface area contributed by atoms with Crippen molar-refractivity contribution in [2.75, 3.05) is 26.2 Å². The van der Waals surface area contributed by atoms with Gasteiger partial charge >= 0.3 is 0 Å². The van der Waals surface area contributed by atoms with Gasteiger partial charge in [0.15, 0.2) is 0 Å². The average Bonchev–Trinajstić information content (AvgIpc) is 2.48. The molecule has 2 heteroatoms. The van der Waals surface area contributed by atoms with Gasteiger partial charge in [0, 0.05) is 19.1 Å². The second-order valence-corrected chi connectivity index (χ2v) is 5.63. The first kappa shape index (κ1) is 14.5. The summed E-state index contributed by atoms with van der Waals surface area (Å²) in [5, 5.41) is 3.59. The van der Waals surface area contributed by atoms with E-state index >= 15 is 0 Å². The number of nitrogens with zero attached hydrogens (tertiary/aromatic N) is 1. The summed E-state index contributed by atoms with van der Waals surface area (Å²) in [6.45, 7) is 7.06. The van der Waals surface area contributed by atoms with Crippen molar-refractivity contribution >= 4 is 0 Å². The average molecular weight is 260 g/mol. The van der Waals surface area contributed by atoms with Crippen LogP contribution in [0.3, 0.4) is 0 Å². The van der Waals surface area contributed by atoms with E-state index in [4.69, 9.17) is 0 Å². The molecule has 1 N–H and O–H groups in total. The Morgan fingerprint density at radius 2 is 2.05 bits per heavy atom. The van der Waals surface area contributed by atoms with E-state index in [0.717, 1.165) is 12.6 Å². The molecule has 2 rings (SSSR count). The van der Waals surface area contributed by atoms with Crippen molar-refractivity contribution in [3.05, 3.63) is 35.9 Å². The molecule has 106 valence electrons. The zero-order valence-corrected chi connectivity index (χ0v) is 12.3. The van der Waals surface area contributed by atoms with E-state index < -0.39 is 0 Å². The van der Waals surface area contributed by atoms with Crippen molar-refractivity contribution in [2.24, 2.45) is 0 Å². The van der Waals surface area contributed by atoms with Gasteiger partial charge in [-0.3, -0.25) is 4.90 Å². The first-order valence-electron chi connectivity index (χ1n) is 7.89. The molecular formula is C17H28N2. The number of rotatable bonds is 7. The minimum Gasteiger partial charge on any atom is -0.315 e. The quantitative estimate of drug-likeness (QED) is 0.758. The Labute approximate surface area is 118 Å². The number of likely N-dealkylation sites (tertiary alicyclic amines) is 1. The van der Waals surface area contributed by atoms with Crippen LogP contribution >= 0.6 is 0 Å². The van der Waals surface area contributed by atoms with Gasteiger partial charge in [0.1, 0.15) is 0 Å². The zero-order valence-electron chi connectivity index (χ0n) is 12.3. The van der Waals surface area contributed by atoms with Crippen LogP contribution in [0.1, 0.15) is 38.2 Å². The van der Waals surface area contributed by atoms with Crippen LogP contribution in [0.4, 0.5) is 0 Å². The first-order chi connectivity index (χ1) is 9.40. The maximum absolute atomic E-state index is 3.59. The van der Waals surface area contributed by atoms with Crippen molar-refractivity contribution in [1.82, 2.24) is 10.2 Å². The highest BCUT2D eigenvalue weighted by atomic mass is 15.2. The van der Waals surface area contributed by atoms with Crippen molar-refractivity contribution < 1.29 is 0 Å². The predicted octanol–water partition coefficient (Wildman–Crippen LogP) is 3.08. The van der Waals surface area contributed by atoms with Crippen LogP contribution in [-0.4, -0.2) is 37.1 Å². The number of nitrogens with one attached hydrogen (secondary N) is 1. The van der Waals surface area contributed by atoms with Gasteiger partial charge in [0.25, 0.3) is 0 Å². The van der Waals surface area contributed by atoms with E-state index in [0.29, 0.717) is 0 Å². The maximum atomic E-state index is 3.59. The van der Waals surface area contributed by atoms with Crippen LogP contribution in [0.25, 0.3) is 0 Å². The smallest absolute Gasteiger partial charge is 0.0220 e. The molecule has 1 fully saturated rings. The van der Waals surface area contributed by atoms with Crippen molar-refractivity contribution in [2.45, 2.75) is 45.1 Å². The Bertz CT molecular complexity index is 336. The lowest BCUT2D eigenvalue weighted by Gasteiger charge is -2.36. The Morgan fingerprint density at radius 1 is 1.21 bits per heavy atom. The summed E-state index contributed by atoms with van der Waals surface area (Å²) in [5.41, 5.74) is 1.47. The van der Waals surface area contributed by atoms with E-state index in [1.165, 1.54) is 57.3 Å². The molecule has 19 heavy (non-hydrogen) atoms. The maximum Gasteiger partial charge on any atom is 0.0220 e. The molecule has 0 radical (unpaired) electrons. The Hall–Kier alpha value is -0.860. The van der Waals surface area contributed by atoms with Gasteiger partial charge in [-0.2, -0.15) is 0 Å². The topological polar surface area (TPSA) is 15.3 Å². The molecule has 0 aliphatic carbocycles. The van der Waals surface area contributed by atoms with E-state index in [1.54, 1.807) is 0 Å². The molecule has 1 aliphatic rings. The molecule has 0 bridgehead atoms. The molecule has 2 nitrogen and oxygen atoms in total. The Kier molecular flexibility index (Phi) is 6.38. The monoisotopic (exact) mass is 260 g/mol. The number of benzene rings is 1. The summed E-state index contributed by atoms with van der Waals surface area (Å²) in [4.78, 5) is 2.69. The highest BCUT2D eigenvalue weighted by Gasteiger charge is 2.21. The van der Waals surface area contributed by atoms with Crippen LogP contribution in [0, 0.1) is 0 Å². The summed E-state index contributed by atoms with van der Waals surface area (Å²) >= 11 is 0. The van der Waals surface area contributed by atoms with E-state index in [9.17, 15) is 0 Å². The fourth-order valence-electron chi connectivity index (χ4n) is 2.95. The summed E-state index contributed by atoms with van der Waals surface area (Å²) in [7, 11) is 0. The van der Waals surface area contributed by atoms with Crippen molar-refractivity contribution in [3.63, 3.8) is 0 Å². The fraction of sp³-hybridized carbons (Fsp3) is 0.647. The number of hydrogen-bond donors (Lipinski definition) is 1. The van der Waals surface area contributed by atoms with Gasteiger partial charge in [-0.25, -0.2) is 0 Å². The minimum absolute atomic E-state index is 0.754. The molecular weight excluding hydrogens is 232 g/mol. The van der Waals surface area contributed by atoms with Gasteiger partial charge in [-0.1, -0.05) is 43.7 Å². The van der Waals surface area contributed by atoms with Crippen LogP contribution in [0.15, 0.2) is 30.3 Å². The third-order valence-corrected chi connectivity index (χ3v) is 4.09. The van der Waals surface area contributed by atoms with Gasteiger partial charge in [0.05, 0.1) is 0 Å². The highest BCUT2D eigenvalue weighted by Crippen LogP contribution is 2.17. The molecule has 1 aliphatic heterocycles. The molecule has 0 spiro atoms. The Balaban J connectivity index is 1.78. The lowest BCUT2D eigenvalue weighted by atomic mass is 10.0. The molecule has 0 aromatic heterocycles. The van der Waals surface area contributed by atoms with Crippen molar-refractivity contribution in [1.29, 1.82) is 0 Å². The normalized spacial score (nSPS) is 20.6. The van der Waals surface area contributed by atoms with E-state index in [1.807, 2.05) is 0 Å². The van der Waals surface area contributed by atoms with Gasteiger partial charge in [-0.15, -0.1) is 0 Å². The third-order valence-electron chi connectivity index (χ3n) is 4.09. The minimum atomic E-state index is 0.754. The summed E-state index contributed by atoms with van der Waals surface area (Å²) in [5.74, 6) is 0. The lowest BCUT2D eigenvalue weighted by Crippen LogP contribution is -2.46. The first-order valence-corrected chi connectivity index (χ1v) is 7.89. The molecule has 0 saturated carbocycles. The SMILES string of the molecule is CCCNCC1CCCCN1CCc1ccccc1. The lowest BCUT2D eigenvalue weighted by molar-refractivity contribution is 0.147. The number of piperidine rings is 1. The summed E-state index contributed by atoms with van der Waals surface area (Å²) in [6.07, 6.45) is 6.56. The fourth-order valence-corrected chi connectivity index (χ4v) is 2.95. The second kappa shape index (κ2) is 8.34. The summed E-state index contributed by atoms with van der Waals surface area (Å²) < 4.78 is 0. The molecule has 0 amide bonds. The second-order valence-electron chi connectivity index (χ2n) is 5.63. The van der Waals surface area contributed by atoms with Crippen LogP contribution < -0.4 is 5.32 Å². The molecule has 1 aromatic rings. The van der Waals surface area contributed by atoms with Gasteiger partial charge < -0.3 is 5.32 Å². The van der Waals surface area contributed by atoms with Crippen molar-refractivity contribution in [3.8, 4) is 0 Å². The van der Waals surface area contributed by atoms with Crippen LogP contribution in [0.5, 0.6) is 0 Å². The molecule has 1 saturated heterocycles. The molecule has 1 heterocycles. The molecule has 1 unspecified atom stereocenters. The molecule has 1 atom stereocenters. The van der Waals surface area contributed by atoms with Crippen LogP contribution in [0.2, 0.25) is 0 Å². The Morgan fingerprint density at radius 3 is 2.84 bits per heavy atom. The van der Waals surface area contributed by atoms with Gasteiger partial charge in [-0.05, 0) is 44.3 Å². The zero-order chi connectivity index (χ0) is 13.3. The van der Waals surface area contributed by atoms with E-state index in [2.05, 4.69) is 47.5 Å². The number of hydrogen-bond acceptors (Lipinski definition) is 2. The molecule has 1 aromatic carbocycles. The standard InChI is InChI=1S/C17H28N2/c1-2-12-18-15-17-10-6-7-13-19(17)14-11-16-8-4-3-5-9-16/h3-5,8-9,17-18H,2,6-7,10-15H2,1H3. The van der Waals surface area contributed by atoms with E-state index in [-0.39, 0.29) is 0 Å².